The molecular formula is C11H20N4O. The lowest BCUT2D eigenvalue weighted by Gasteiger charge is -2.09. The van der Waals surface area contributed by atoms with Crippen LogP contribution in [0.5, 0.6) is 0 Å². The fourth-order valence-corrected chi connectivity index (χ4v) is 1.51. The van der Waals surface area contributed by atoms with Gasteiger partial charge in [-0.05, 0) is 34.0 Å². The monoisotopic (exact) mass is 224 g/mol. The first-order chi connectivity index (χ1) is 7.50. The van der Waals surface area contributed by atoms with Crippen LogP contribution in [0.4, 0.5) is 0 Å². The van der Waals surface area contributed by atoms with Gasteiger partial charge in [0.1, 0.15) is 0 Å². The lowest BCUT2D eigenvalue weighted by molar-refractivity contribution is 0.0951. The topological polar surface area (TPSA) is 50.2 Å². The van der Waals surface area contributed by atoms with E-state index in [0.29, 0.717) is 12.1 Å². The van der Waals surface area contributed by atoms with Crippen molar-refractivity contribution in [3.05, 3.63) is 17.5 Å². The van der Waals surface area contributed by atoms with E-state index in [1.54, 1.807) is 10.9 Å². The maximum atomic E-state index is 11.7. The molecule has 0 aliphatic rings. The normalized spacial score (nSPS) is 10.8. The summed E-state index contributed by atoms with van der Waals surface area (Å²) in [5.74, 6) is -0.0376. The minimum Gasteiger partial charge on any atom is -0.352 e. The highest BCUT2D eigenvalue weighted by Crippen LogP contribution is 2.03. The number of hydrogen-bond acceptors (Lipinski definition) is 3. The van der Waals surface area contributed by atoms with Gasteiger partial charge in [-0.3, -0.25) is 9.48 Å². The van der Waals surface area contributed by atoms with Crippen molar-refractivity contribution in [1.29, 1.82) is 0 Å². The largest absolute Gasteiger partial charge is 0.352 e. The van der Waals surface area contributed by atoms with Crippen molar-refractivity contribution in [3.8, 4) is 0 Å². The summed E-state index contributed by atoms with van der Waals surface area (Å²) in [6, 6.07) is 0. The van der Waals surface area contributed by atoms with Gasteiger partial charge < -0.3 is 10.2 Å². The highest BCUT2D eigenvalue weighted by atomic mass is 16.1. The predicted molar refractivity (Wildman–Crippen MR) is 63.4 cm³/mol. The van der Waals surface area contributed by atoms with Gasteiger partial charge in [-0.1, -0.05) is 0 Å². The Hall–Kier alpha value is -1.36. The zero-order valence-electron chi connectivity index (χ0n) is 10.4. The molecule has 0 spiro atoms. The fraction of sp³-hybridized carbons (Fsp3) is 0.636. The second-order valence-corrected chi connectivity index (χ2v) is 4.21. The van der Waals surface area contributed by atoms with E-state index in [2.05, 4.69) is 15.3 Å². The van der Waals surface area contributed by atoms with E-state index < -0.39 is 0 Å². The van der Waals surface area contributed by atoms with E-state index in [-0.39, 0.29) is 5.91 Å². The lowest BCUT2D eigenvalue weighted by Crippen LogP contribution is -2.27. The quantitative estimate of drug-likeness (QED) is 0.737. The Bertz CT molecular complexity index is 357. The third-order valence-corrected chi connectivity index (χ3v) is 2.33. The number of rotatable bonds is 5. The standard InChI is InChI=1S/C11H20N4O/c1-9-10(8-15(4)13-9)11(16)12-6-5-7-14(2)3/h8H,5-7H2,1-4H3,(H,12,16). The number of nitrogens with one attached hydrogen (secondary N) is 1. The molecule has 0 bridgehead atoms. The summed E-state index contributed by atoms with van der Waals surface area (Å²) in [5, 5.41) is 7.03. The molecule has 0 saturated carbocycles. The molecule has 1 heterocycles. The molecule has 5 heteroatoms. The van der Waals surface area contributed by atoms with Crippen LogP contribution in [0.15, 0.2) is 6.20 Å². The van der Waals surface area contributed by atoms with Crippen LogP contribution in [0.1, 0.15) is 22.5 Å². The van der Waals surface area contributed by atoms with Gasteiger partial charge >= 0.3 is 0 Å². The number of aryl methyl sites for hydroxylation is 2. The molecule has 0 aliphatic heterocycles. The Morgan fingerprint density at radius 3 is 2.75 bits per heavy atom. The minimum atomic E-state index is -0.0376. The van der Waals surface area contributed by atoms with Crippen molar-refractivity contribution in [2.75, 3.05) is 27.2 Å². The average Bonchev–Trinajstić information content (AvgIpc) is 2.52. The Morgan fingerprint density at radius 1 is 1.56 bits per heavy atom. The highest BCUT2D eigenvalue weighted by Gasteiger charge is 2.11. The molecule has 5 nitrogen and oxygen atoms in total. The van der Waals surface area contributed by atoms with Crippen molar-refractivity contribution < 1.29 is 4.79 Å². The number of aromatic nitrogens is 2. The fourth-order valence-electron chi connectivity index (χ4n) is 1.51. The van der Waals surface area contributed by atoms with Crippen LogP contribution in [-0.2, 0) is 7.05 Å². The Kier molecular flexibility index (Phi) is 4.49. The van der Waals surface area contributed by atoms with Gasteiger partial charge in [-0.2, -0.15) is 5.10 Å². The lowest BCUT2D eigenvalue weighted by atomic mass is 10.2. The molecule has 0 radical (unpaired) electrons. The van der Waals surface area contributed by atoms with Gasteiger partial charge in [0.05, 0.1) is 11.3 Å². The SMILES string of the molecule is Cc1nn(C)cc1C(=O)NCCCN(C)C. The van der Waals surface area contributed by atoms with Crippen molar-refractivity contribution in [2.45, 2.75) is 13.3 Å². The molecule has 0 aliphatic carbocycles. The number of hydrogen-bond donors (Lipinski definition) is 1. The summed E-state index contributed by atoms with van der Waals surface area (Å²) in [6.07, 6.45) is 2.70. The second kappa shape index (κ2) is 5.65. The Labute approximate surface area is 96.4 Å². The molecule has 1 rings (SSSR count). The van der Waals surface area contributed by atoms with Crippen LogP contribution in [0.3, 0.4) is 0 Å². The van der Waals surface area contributed by atoms with Crippen LogP contribution >= 0.6 is 0 Å². The number of amides is 1. The predicted octanol–water partition coefficient (Wildman–Crippen LogP) is 0.410. The first-order valence-corrected chi connectivity index (χ1v) is 5.44. The van der Waals surface area contributed by atoms with E-state index in [1.165, 1.54) is 0 Å². The second-order valence-electron chi connectivity index (χ2n) is 4.21. The van der Waals surface area contributed by atoms with Crippen LogP contribution < -0.4 is 5.32 Å². The summed E-state index contributed by atoms with van der Waals surface area (Å²) in [4.78, 5) is 13.8. The van der Waals surface area contributed by atoms with E-state index in [1.807, 2.05) is 28.1 Å². The molecule has 16 heavy (non-hydrogen) atoms. The average molecular weight is 224 g/mol. The molecule has 90 valence electrons. The summed E-state index contributed by atoms with van der Waals surface area (Å²) < 4.78 is 1.66. The van der Waals surface area contributed by atoms with Crippen molar-refractivity contribution in [2.24, 2.45) is 7.05 Å². The summed E-state index contributed by atoms with van der Waals surface area (Å²) in [7, 11) is 5.86. The zero-order valence-corrected chi connectivity index (χ0v) is 10.4. The highest BCUT2D eigenvalue weighted by molar-refractivity contribution is 5.94. The van der Waals surface area contributed by atoms with Crippen LogP contribution in [0, 0.1) is 6.92 Å². The molecule has 1 aromatic rings. The van der Waals surface area contributed by atoms with E-state index in [0.717, 1.165) is 18.7 Å². The zero-order chi connectivity index (χ0) is 12.1. The van der Waals surface area contributed by atoms with Gasteiger partial charge in [0.2, 0.25) is 0 Å². The molecule has 1 aromatic heterocycles. The molecular weight excluding hydrogens is 204 g/mol. The maximum Gasteiger partial charge on any atom is 0.254 e. The third kappa shape index (κ3) is 3.66. The minimum absolute atomic E-state index is 0.0376. The Morgan fingerprint density at radius 2 is 2.25 bits per heavy atom. The van der Waals surface area contributed by atoms with Crippen molar-refractivity contribution >= 4 is 5.91 Å². The molecule has 0 atom stereocenters. The van der Waals surface area contributed by atoms with Gasteiger partial charge in [0, 0.05) is 19.8 Å². The van der Waals surface area contributed by atoms with Gasteiger partial charge in [0.15, 0.2) is 0 Å². The smallest absolute Gasteiger partial charge is 0.254 e. The first kappa shape index (κ1) is 12.7. The summed E-state index contributed by atoms with van der Waals surface area (Å²) in [5.41, 5.74) is 1.43. The summed E-state index contributed by atoms with van der Waals surface area (Å²) in [6.45, 7) is 3.52. The molecule has 0 unspecified atom stereocenters. The number of carbonyl (C=O) groups is 1. The molecule has 1 amide bonds. The molecule has 1 N–H and O–H groups in total. The molecule has 0 saturated heterocycles. The summed E-state index contributed by atoms with van der Waals surface area (Å²) >= 11 is 0. The maximum absolute atomic E-state index is 11.7. The number of nitrogens with zero attached hydrogens (tertiary/aromatic N) is 3. The van der Waals surface area contributed by atoms with E-state index >= 15 is 0 Å². The van der Waals surface area contributed by atoms with Crippen LogP contribution in [-0.4, -0.2) is 47.8 Å². The van der Waals surface area contributed by atoms with Crippen molar-refractivity contribution in [1.82, 2.24) is 20.0 Å². The van der Waals surface area contributed by atoms with Gasteiger partial charge in [0.25, 0.3) is 5.91 Å². The van der Waals surface area contributed by atoms with E-state index in [9.17, 15) is 4.79 Å². The van der Waals surface area contributed by atoms with Crippen molar-refractivity contribution in [3.63, 3.8) is 0 Å². The number of carbonyl (C=O) groups excluding carboxylic acids is 1. The third-order valence-electron chi connectivity index (χ3n) is 2.33. The molecule has 0 aromatic carbocycles. The van der Waals surface area contributed by atoms with Gasteiger partial charge in [-0.25, -0.2) is 0 Å². The van der Waals surface area contributed by atoms with Crippen LogP contribution in [0.25, 0.3) is 0 Å². The van der Waals surface area contributed by atoms with E-state index in [4.69, 9.17) is 0 Å². The molecule has 0 fully saturated rings. The Balaban J connectivity index is 2.38. The van der Waals surface area contributed by atoms with Gasteiger partial charge in [-0.15, -0.1) is 0 Å². The van der Waals surface area contributed by atoms with Crippen LogP contribution in [0.2, 0.25) is 0 Å². The first-order valence-electron chi connectivity index (χ1n) is 5.44.